The number of rotatable bonds is 8. The third kappa shape index (κ3) is 5.78. The Balaban J connectivity index is 1.67. The van der Waals surface area contributed by atoms with Gasteiger partial charge in [-0.25, -0.2) is 0 Å². The van der Waals surface area contributed by atoms with Crippen LogP contribution in [0.3, 0.4) is 0 Å². The average Bonchev–Trinajstić information content (AvgIpc) is 3.22. The lowest BCUT2D eigenvalue weighted by atomic mass is 9.43. The lowest BCUT2D eigenvalue weighted by molar-refractivity contribution is -0.242. The van der Waals surface area contributed by atoms with E-state index in [0.717, 1.165) is 44.9 Å². The quantitative estimate of drug-likeness (QED) is 0.276. The summed E-state index contributed by atoms with van der Waals surface area (Å²) in [6.07, 6.45) is 6.41. The molecule has 0 heterocycles. The van der Waals surface area contributed by atoms with Crippen molar-refractivity contribution in [3.63, 3.8) is 0 Å². The number of ether oxygens (including phenoxy) is 4. The molecule has 0 radical (unpaired) electrons. The van der Waals surface area contributed by atoms with Crippen molar-refractivity contribution < 1.29 is 38.1 Å². The predicted molar refractivity (Wildman–Crippen MR) is 148 cm³/mol. The molecule has 0 aromatic rings. The highest BCUT2D eigenvalue weighted by molar-refractivity contribution is 5.69. The molecule has 4 aliphatic rings. The maximum atomic E-state index is 12.5. The molecule has 2 unspecified atom stereocenters. The van der Waals surface area contributed by atoms with Crippen LogP contribution in [0.1, 0.15) is 106 Å². The molecular formula is C32H50O8. The summed E-state index contributed by atoms with van der Waals surface area (Å²) in [6.45, 7) is 13.5. The first kappa shape index (κ1) is 30.8. The first-order chi connectivity index (χ1) is 18.8. The van der Waals surface area contributed by atoms with E-state index >= 15 is 0 Å². The normalized spacial score (nSPS) is 41.0. The van der Waals surface area contributed by atoms with Gasteiger partial charge in [0.2, 0.25) is 0 Å². The molecule has 0 saturated heterocycles. The molecule has 4 rings (SSSR count). The monoisotopic (exact) mass is 562 g/mol. The summed E-state index contributed by atoms with van der Waals surface area (Å²) in [5.74, 6) is 0.325. The SMILES string of the molecule is CCOC(=O)CC[C@@H](C)[C@H]1CC[C@H]2[C@@H]3[C@H](OC(C)=O)C(OC(C)=O)[C@@H]4CC(OC(C)=O)CC[C@]4(C)[C@H]3CC[C@]12C. The Kier molecular flexibility index (Phi) is 9.26. The van der Waals surface area contributed by atoms with Crippen molar-refractivity contribution in [2.45, 2.75) is 125 Å². The molecule has 226 valence electrons. The largest absolute Gasteiger partial charge is 0.466 e. The van der Waals surface area contributed by atoms with Crippen LogP contribution in [0, 0.1) is 46.3 Å². The van der Waals surface area contributed by atoms with Gasteiger partial charge in [0.05, 0.1) is 6.61 Å². The summed E-state index contributed by atoms with van der Waals surface area (Å²) >= 11 is 0. The van der Waals surface area contributed by atoms with Crippen molar-refractivity contribution >= 4 is 23.9 Å². The average molecular weight is 563 g/mol. The minimum Gasteiger partial charge on any atom is -0.466 e. The van der Waals surface area contributed by atoms with Gasteiger partial charge in [-0.1, -0.05) is 20.8 Å². The fraction of sp³-hybridized carbons (Fsp3) is 0.875. The summed E-state index contributed by atoms with van der Waals surface area (Å²) in [5, 5.41) is 0. The van der Waals surface area contributed by atoms with Crippen LogP contribution >= 0.6 is 0 Å². The van der Waals surface area contributed by atoms with Crippen LogP contribution in [0.15, 0.2) is 0 Å². The Hall–Kier alpha value is -2.12. The van der Waals surface area contributed by atoms with E-state index in [1.54, 1.807) is 0 Å². The fourth-order valence-electron chi connectivity index (χ4n) is 9.94. The number of hydrogen-bond acceptors (Lipinski definition) is 8. The second-order valence-electron chi connectivity index (χ2n) is 13.6. The zero-order valence-electron chi connectivity index (χ0n) is 25.5. The predicted octanol–water partition coefficient (Wildman–Crippen LogP) is 5.64. The molecule has 0 amide bonds. The number of hydrogen-bond donors (Lipinski definition) is 0. The van der Waals surface area contributed by atoms with Gasteiger partial charge in [0.15, 0.2) is 0 Å². The molecule has 40 heavy (non-hydrogen) atoms. The first-order valence-electron chi connectivity index (χ1n) is 15.5. The van der Waals surface area contributed by atoms with E-state index in [9.17, 15) is 19.2 Å². The molecule has 0 aliphatic heterocycles. The summed E-state index contributed by atoms with van der Waals surface area (Å²) < 4.78 is 23.1. The van der Waals surface area contributed by atoms with E-state index in [2.05, 4.69) is 20.8 Å². The summed E-state index contributed by atoms with van der Waals surface area (Å²) in [5.41, 5.74) is -0.0699. The van der Waals surface area contributed by atoms with Crippen LogP contribution in [-0.4, -0.2) is 48.8 Å². The van der Waals surface area contributed by atoms with Crippen molar-refractivity contribution in [3.05, 3.63) is 0 Å². The standard InChI is InChI=1S/C32H50O8/c1-8-37-27(36)12-9-18(2)23-10-11-24-28-25(14-16-31(23,24)6)32(7)15-13-22(38-19(3)33)17-26(32)29(39-20(4)34)30(28)40-21(5)35/h18,22-26,28-30H,8-17H2,1-7H3/t18-,22?,23-,24+,25+,26+,28+,29?,30+,31-,32-/m1/s1. The second kappa shape index (κ2) is 12.0. The summed E-state index contributed by atoms with van der Waals surface area (Å²) in [7, 11) is 0. The van der Waals surface area contributed by atoms with Gasteiger partial charge in [0, 0.05) is 39.0 Å². The van der Waals surface area contributed by atoms with E-state index < -0.39 is 12.2 Å². The van der Waals surface area contributed by atoms with E-state index in [1.807, 2.05) is 6.92 Å². The Morgan fingerprint density at radius 1 is 0.775 bits per heavy atom. The molecule has 0 aromatic carbocycles. The van der Waals surface area contributed by atoms with Crippen molar-refractivity contribution in [2.75, 3.05) is 6.61 Å². The van der Waals surface area contributed by atoms with Crippen LogP contribution in [-0.2, 0) is 38.1 Å². The van der Waals surface area contributed by atoms with Crippen LogP contribution in [0.5, 0.6) is 0 Å². The van der Waals surface area contributed by atoms with Gasteiger partial charge in [-0.2, -0.15) is 0 Å². The minimum atomic E-state index is -0.575. The van der Waals surface area contributed by atoms with Crippen molar-refractivity contribution in [1.29, 1.82) is 0 Å². The molecule has 8 nitrogen and oxygen atoms in total. The fourth-order valence-corrected chi connectivity index (χ4v) is 9.94. The lowest BCUT2D eigenvalue weighted by Gasteiger charge is -2.64. The zero-order chi connectivity index (χ0) is 29.4. The molecule has 8 heteroatoms. The smallest absolute Gasteiger partial charge is 0.305 e. The maximum Gasteiger partial charge on any atom is 0.305 e. The van der Waals surface area contributed by atoms with Crippen LogP contribution < -0.4 is 0 Å². The van der Waals surface area contributed by atoms with Gasteiger partial charge >= 0.3 is 23.9 Å². The number of esters is 4. The molecule has 4 fully saturated rings. The van der Waals surface area contributed by atoms with E-state index in [-0.39, 0.29) is 52.6 Å². The zero-order valence-corrected chi connectivity index (χ0v) is 25.5. The van der Waals surface area contributed by atoms with Gasteiger partial charge in [-0.3, -0.25) is 19.2 Å². The van der Waals surface area contributed by atoms with E-state index in [1.165, 1.54) is 20.8 Å². The Labute approximate surface area is 239 Å². The van der Waals surface area contributed by atoms with Gasteiger partial charge in [0.1, 0.15) is 18.3 Å². The molecular weight excluding hydrogens is 512 g/mol. The van der Waals surface area contributed by atoms with Crippen molar-refractivity contribution in [1.82, 2.24) is 0 Å². The topological polar surface area (TPSA) is 105 Å². The molecule has 4 aliphatic carbocycles. The number of carbonyl (C=O) groups excluding carboxylic acids is 4. The highest BCUT2D eigenvalue weighted by Crippen LogP contribution is 2.69. The molecule has 4 saturated carbocycles. The second-order valence-corrected chi connectivity index (χ2v) is 13.6. The Morgan fingerprint density at radius 3 is 2.00 bits per heavy atom. The maximum absolute atomic E-state index is 12.5. The summed E-state index contributed by atoms with van der Waals surface area (Å²) in [4.78, 5) is 48.9. The lowest BCUT2D eigenvalue weighted by Crippen LogP contribution is -2.65. The third-order valence-electron chi connectivity index (χ3n) is 11.5. The van der Waals surface area contributed by atoms with Gasteiger partial charge < -0.3 is 18.9 Å². The first-order valence-corrected chi connectivity index (χ1v) is 15.5. The number of carbonyl (C=O) groups is 4. The third-order valence-corrected chi connectivity index (χ3v) is 11.5. The number of fused-ring (bicyclic) bond motifs is 5. The molecule has 0 spiro atoms. The molecule has 0 bridgehead atoms. The summed E-state index contributed by atoms with van der Waals surface area (Å²) in [6, 6.07) is 0. The van der Waals surface area contributed by atoms with Crippen LogP contribution in [0.2, 0.25) is 0 Å². The minimum absolute atomic E-state index is 0.0482. The van der Waals surface area contributed by atoms with Crippen molar-refractivity contribution in [2.24, 2.45) is 46.3 Å². The highest BCUT2D eigenvalue weighted by Gasteiger charge is 2.67. The van der Waals surface area contributed by atoms with E-state index in [0.29, 0.717) is 43.1 Å². The highest BCUT2D eigenvalue weighted by atomic mass is 16.6. The van der Waals surface area contributed by atoms with E-state index in [4.69, 9.17) is 18.9 Å². The molecule has 11 atom stereocenters. The Morgan fingerprint density at radius 2 is 1.38 bits per heavy atom. The molecule has 0 aromatic heterocycles. The Bertz CT molecular complexity index is 978. The van der Waals surface area contributed by atoms with Crippen LogP contribution in [0.4, 0.5) is 0 Å². The van der Waals surface area contributed by atoms with Gasteiger partial charge in [0.25, 0.3) is 0 Å². The van der Waals surface area contributed by atoms with Gasteiger partial charge in [-0.15, -0.1) is 0 Å². The van der Waals surface area contributed by atoms with Gasteiger partial charge in [-0.05, 0) is 92.8 Å². The van der Waals surface area contributed by atoms with Crippen molar-refractivity contribution in [3.8, 4) is 0 Å². The van der Waals surface area contributed by atoms with Crippen LogP contribution in [0.25, 0.3) is 0 Å². The molecule has 0 N–H and O–H groups in total.